The van der Waals surface area contributed by atoms with Crippen molar-refractivity contribution in [3.8, 4) is 11.5 Å². The van der Waals surface area contributed by atoms with Gasteiger partial charge in [-0.1, -0.05) is 36.8 Å². The number of methoxy groups -OCH3 is 1. The van der Waals surface area contributed by atoms with Crippen LogP contribution in [0.5, 0.6) is 11.5 Å². The quantitative estimate of drug-likeness (QED) is 0.125. The van der Waals surface area contributed by atoms with Gasteiger partial charge in [-0.25, -0.2) is 9.37 Å². The standard InChI is InChI=1S/C29H25FN2O5S/c1-3-4-14-37-21-7-5-6-18(15-21)25-24(26(33)17-8-10-19(30)11-9-17)27(34)28(35)32(25)29-31-22-13-12-20(36-2)16-23(22)38-29/h5-13,15-16,25,33H,3-4,14H2,1-2H3/b26-24+. The van der Waals surface area contributed by atoms with Crippen molar-refractivity contribution in [3.05, 3.63) is 89.2 Å². The fourth-order valence-electron chi connectivity index (χ4n) is 4.34. The Morgan fingerprint density at radius 2 is 1.87 bits per heavy atom. The molecular formula is C29H25FN2O5S. The maximum absolute atomic E-state index is 13.6. The number of aromatic nitrogens is 1. The van der Waals surface area contributed by atoms with Gasteiger partial charge in [0.15, 0.2) is 5.13 Å². The van der Waals surface area contributed by atoms with Gasteiger partial charge in [0.2, 0.25) is 0 Å². The number of aliphatic hydroxyl groups excluding tert-OH is 1. The van der Waals surface area contributed by atoms with Gasteiger partial charge in [0.05, 0.1) is 35.5 Å². The minimum Gasteiger partial charge on any atom is -0.507 e. The van der Waals surface area contributed by atoms with Gasteiger partial charge in [-0.3, -0.25) is 14.5 Å². The maximum atomic E-state index is 13.6. The summed E-state index contributed by atoms with van der Waals surface area (Å²) in [5.74, 6) is -1.33. The van der Waals surface area contributed by atoms with Crippen LogP contribution >= 0.6 is 11.3 Å². The van der Waals surface area contributed by atoms with E-state index in [4.69, 9.17) is 9.47 Å². The topological polar surface area (TPSA) is 89.0 Å². The van der Waals surface area contributed by atoms with Crippen LogP contribution in [-0.4, -0.2) is 35.5 Å². The number of carbonyl (C=O) groups excluding carboxylic acids is 2. The first kappa shape index (κ1) is 25.4. The van der Waals surface area contributed by atoms with Gasteiger partial charge < -0.3 is 14.6 Å². The number of ketones is 1. The predicted octanol–water partition coefficient (Wildman–Crippen LogP) is 6.25. The molecule has 1 fully saturated rings. The number of hydrogen-bond acceptors (Lipinski definition) is 7. The molecule has 0 aliphatic carbocycles. The molecule has 0 radical (unpaired) electrons. The third-order valence-electron chi connectivity index (χ3n) is 6.29. The van der Waals surface area contributed by atoms with Crippen molar-refractivity contribution in [3.63, 3.8) is 0 Å². The van der Waals surface area contributed by atoms with Crippen molar-refractivity contribution >= 4 is 44.1 Å². The minimum atomic E-state index is -0.975. The second kappa shape index (κ2) is 10.6. The van der Waals surface area contributed by atoms with Gasteiger partial charge in [0.1, 0.15) is 23.1 Å². The smallest absolute Gasteiger partial charge is 0.301 e. The molecule has 1 saturated heterocycles. The molecule has 3 aromatic carbocycles. The first-order valence-electron chi connectivity index (χ1n) is 12.2. The third kappa shape index (κ3) is 4.72. The Labute approximate surface area is 222 Å². The summed E-state index contributed by atoms with van der Waals surface area (Å²) in [6.07, 6.45) is 1.85. The molecule has 38 heavy (non-hydrogen) atoms. The molecule has 1 unspecified atom stereocenters. The number of amides is 1. The third-order valence-corrected chi connectivity index (χ3v) is 7.31. The Morgan fingerprint density at radius 1 is 1.08 bits per heavy atom. The van der Waals surface area contributed by atoms with Crippen molar-refractivity contribution < 1.29 is 28.6 Å². The van der Waals surface area contributed by atoms with E-state index in [1.807, 2.05) is 6.07 Å². The van der Waals surface area contributed by atoms with E-state index in [-0.39, 0.29) is 11.1 Å². The van der Waals surface area contributed by atoms with Crippen LogP contribution in [0.3, 0.4) is 0 Å². The molecule has 7 nitrogen and oxygen atoms in total. The lowest BCUT2D eigenvalue weighted by Crippen LogP contribution is -2.29. The number of carbonyl (C=O) groups is 2. The SMILES string of the molecule is CCCCOc1cccc(C2/C(=C(\O)c3ccc(F)cc3)C(=O)C(=O)N2c2nc3ccc(OC)cc3s2)c1. The van der Waals surface area contributed by atoms with E-state index in [0.717, 1.165) is 17.5 Å². The number of benzene rings is 3. The second-order valence-corrected chi connectivity index (χ2v) is 9.79. The molecule has 4 aromatic rings. The van der Waals surface area contributed by atoms with E-state index in [1.165, 1.54) is 40.5 Å². The van der Waals surface area contributed by atoms with E-state index in [9.17, 15) is 19.1 Å². The molecule has 1 aliphatic heterocycles. The van der Waals surface area contributed by atoms with Gasteiger partial charge in [-0.2, -0.15) is 0 Å². The lowest BCUT2D eigenvalue weighted by atomic mass is 9.95. The molecule has 5 rings (SSSR count). The molecule has 1 aromatic heterocycles. The van der Waals surface area contributed by atoms with Crippen LogP contribution < -0.4 is 14.4 Å². The summed E-state index contributed by atoms with van der Waals surface area (Å²) >= 11 is 1.24. The van der Waals surface area contributed by atoms with E-state index in [2.05, 4.69) is 11.9 Å². The zero-order valence-corrected chi connectivity index (χ0v) is 21.6. The molecular weight excluding hydrogens is 507 g/mol. The van der Waals surface area contributed by atoms with Crippen LogP contribution in [0.25, 0.3) is 16.0 Å². The maximum Gasteiger partial charge on any atom is 0.301 e. The number of ether oxygens (including phenoxy) is 2. The number of nitrogens with zero attached hydrogens (tertiary/aromatic N) is 2. The van der Waals surface area contributed by atoms with Crippen LogP contribution in [0.15, 0.2) is 72.3 Å². The highest BCUT2D eigenvalue weighted by molar-refractivity contribution is 7.22. The normalized spacial score (nSPS) is 16.8. The number of anilines is 1. The summed E-state index contributed by atoms with van der Waals surface area (Å²) in [4.78, 5) is 32.8. The highest BCUT2D eigenvalue weighted by Crippen LogP contribution is 2.45. The summed E-state index contributed by atoms with van der Waals surface area (Å²) in [5.41, 5.74) is 1.32. The summed E-state index contributed by atoms with van der Waals surface area (Å²) in [6.45, 7) is 2.59. The van der Waals surface area contributed by atoms with Crippen LogP contribution in [0.2, 0.25) is 0 Å². The van der Waals surface area contributed by atoms with Crippen molar-refractivity contribution in [2.45, 2.75) is 25.8 Å². The van der Waals surface area contributed by atoms with Crippen LogP contribution in [0.4, 0.5) is 9.52 Å². The number of thiazole rings is 1. The number of Topliss-reactive ketones (excluding diaryl/α,β-unsaturated/α-hetero) is 1. The highest BCUT2D eigenvalue weighted by atomic mass is 32.1. The lowest BCUT2D eigenvalue weighted by molar-refractivity contribution is -0.132. The molecule has 1 N–H and O–H groups in total. The van der Waals surface area contributed by atoms with Crippen LogP contribution in [0.1, 0.15) is 36.9 Å². The summed E-state index contributed by atoms with van der Waals surface area (Å²) in [5, 5.41) is 11.5. The van der Waals surface area contributed by atoms with Gasteiger partial charge >= 0.3 is 5.91 Å². The molecule has 194 valence electrons. The number of hydrogen-bond donors (Lipinski definition) is 1. The predicted molar refractivity (Wildman–Crippen MR) is 144 cm³/mol. The van der Waals surface area contributed by atoms with Crippen molar-refractivity contribution in [1.29, 1.82) is 0 Å². The van der Waals surface area contributed by atoms with E-state index >= 15 is 0 Å². The monoisotopic (exact) mass is 532 g/mol. The van der Waals surface area contributed by atoms with Gasteiger partial charge in [-0.05, 0) is 66.6 Å². The Bertz CT molecular complexity index is 1550. The van der Waals surface area contributed by atoms with Crippen LogP contribution in [-0.2, 0) is 9.59 Å². The Balaban J connectivity index is 1.67. The molecule has 1 atom stereocenters. The van der Waals surface area contributed by atoms with Gasteiger partial charge in [0.25, 0.3) is 5.78 Å². The molecule has 9 heteroatoms. The second-order valence-electron chi connectivity index (χ2n) is 8.78. The first-order chi connectivity index (χ1) is 18.4. The summed E-state index contributed by atoms with van der Waals surface area (Å²) < 4.78 is 25.5. The number of unbranched alkanes of at least 4 members (excludes halogenated alkanes) is 1. The van der Waals surface area contributed by atoms with Crippen molar-refractivity contribution in [2.75, 3.05) is 18.6 Å². The molecule has 0 saturated carbocycles. The number of aliphatic hydroxyl groups is 1. The van der Waals surface area contributed by atoms with E-state index in [0.29, 0.717) is 34.3 Å². The molecule has 0 bridgehead atoms. The van der Waals surface area contributed by atoms with E-state index < -0.39 is 29.3 Å². The number of fused-ring (bicyclic) bond motifs is 1. The van der Waals surface area contributed by atoms with Crippen molar-refractivity contribution in [2.24, 2.45) is 0 Å². The Morgan fingerprint density at radius 3 is 2.61 bits per heavy atom. The average molecular weight is 533 g/mol. The Hall–Kier alpha value is -4.24. The number of halogens is 1. The lowest BCUT2D eigenvalue weighted by Gasteiger charge is -2.23. The Kier molecular flexibility index (Phi) is 7.11. The zero-order valence-electron chi connectivity index (χ0n) is 20.8. The van der Waals surface area contributed by atoms with Gasteiger partial charge in [0, 0.05) is 5.56 Å². The fourth-order valence-corrected chi connectivity index (χ4v) is 5.36. The molecule has 0 spiro atoms. The molecule has 2 heterocycles. The molecule has 1 aliphatic rings. The summed E-state index contributed by atoms with van der Waals surface area (Å²) in [7, 11) is 1.56. The highest BCUT2D eigenvalue weighted by Gasteiger charge is 2.48. The van der Waals surface area contributed by atoms with Gasteiger partial charge in [-0.15, -0.1) is 0 Å². The first-order valence-corrected chi connectivity index (χ1v) is 13.0. The summed E-state index contributed by atoms with van der Waals surface area (Å²) in [6, 6.07) is 16.6. The average Bonchev–Trinajstić information content (AvgIpc) is 3.46. The van der Waals surface area contributed by atoms with Crippen molar-refractivity contribution in [1.82, 2.24) is 4.98 Å². The molecule has 1 amide bonds. The fraction of sp³-hybridized carbons (Fsp3) is 0.207. The zero-order chi connectivity index (χ0) is 26.8. The van der Waals surface area contributed by atoms with Crippen LogP contribution in [0, 0.1) is 5.82 Å². The minimum absolute atomic E-state index is 0.107. The van der Waals surface area contributed by atoms with E-state index in [1.54, 1.807) is 43.5 Å². The number of rotatable bonds is 8. The largest absolute Gasteiger partial charge is 0.507 e.